The number of benzene rings is 1. The van der Waals surface area contributed by atoms with Gasteiger partial charge in [-0.2, -0.15) is 0 Å². The number of amides is 3. The maximum absolute atomic E-state index is 12.6. The summed E-state index contributed by atoms with van der Waals surface area (Å²) < 4.78 is 5.31. The second-order valence-corrected chi connectivity index (χ2v) is 7.28. The van der Waals surface area contributed by atoms with Crippen molar-refractivity contribution in [1.82, 2.24) is 15.1 Å². The molecule has 2 saturated heterocycles. The molecule has 2 aliphatic heterocycles. The number of morpholine rings is 1. The van der Waals surface area contributed by atoms with E-state index in [0.29, 0.717) is 39.4 Å². The molecule has 1 aromatic carbocycles. The first-order valence-electron chi connectivity index (χ1n) is 9.53. The number of ether oxygens (including phenoxy) is 1. The quantitative estimate of drug-likeness (QED) is 0.901. The van der Waals surface area contributed by atoms with Crippen LogP contribution in [-0.2, 0) is 9.53 Å². The molecule has 3 rings (SSSR count). The zero-order chi connectivity index (χ0) is 18.5. The van der Waals surface area contributed by atoms with Crippen molar-refractivity contribution in [3.05, 3.63) is 35.4 Å². The van der Waals surface area contributed by atoms with Crippen LogP contribution in [0, 0.1) is 12.8 Å². The number of piperidine rings is 1. The highest BCUT2D eigenvalue weighted by Crippen LogP contribution is 2.21. The van der Waals surface area contributed by atoms with E-state index in [4.69, 9.17) is 4.74 Å². The summed E-state index contributed by atoms with van der Waals surface area (Å²) >= 11 is 0. The smallest absolute Gasteiger partial charge is 0.317 e. The van der Waals surface area contributed by atoms with Gasteiger partial charge in [-0.15, -0.1) is 0 Å². The van der Waals surface area contributed by atoms with E-state index in [-0.39, 0.29) is 23.9 Å². The van der Waals surface area contributed by atoms with Crippen LogP contribution in [-0.4, -0.2) is 61.1 Å². The van der Waals surface area contributed by atoms with Crippen LogP contribution in [0.15, 0.2) is 24.3 Å². The third-order valence-corrected chi connectivity index (χ3v) is 5.34. The number of urea groups is 1. The Morgan fingerprint density at radius 1 is 1.12 bits per heavy atom. The Morgan fingerprint density at radius 3 is 2.46 bits per heavy atom. The number of hydrogen-bond donors (Lipinski definition) is 1. The third kappa shape index (κ3) is 4.55. The van der Waals surface area contributed by atoms with Gasteiger partial charge >= 0.3 is 6.03 Å². The number of carbonyl (C=O) groups is 2. The van der Waals surface area contributed by atoms with E-state index >= 15 is 0 Å². The molecule has 2 heterocycles. The fourth-order valence-corrected chi connectivity index (χ4v) is 3.67. The molecule has 1 atom stereocenters. The van der Waals surface area contributed by atoms with Crippen LogP contribution in [0.4, 0.5) is 4.79 Å². The van der Waals surface area contributed by atoms with E-state index < -0.39 is 0 Å². The van der Waals surface area contributed by atoms with Gasteiger partial charge in [0.1, 0.15) is 0 Å². The van der Waals surface area contributed by atoms with Gasteiger partial charge in [0.05, 0.1) is 19.3 Å². The number of nitrogens with one attached hydrogen (secondary N) is 1. The van der Waals surface area contributed by atoms with Gasteiger partial charge in [0, 0.05) is 32.1 Å². The molecule has 6 nitrogen and oxygen atoms in total. The van der Waals surface area contributed by atoms with Crippen molar-refractivity contribution in [2.45, 2.75) is 32.7 Å². The first-order valence-corrected chi connectivity index (χ1v) is 9.53. The summed E-state index contributed by atoms with van der Waals surface area (Å²) in [5, 5.41) is 3.08. The highest BCUT2D eigenvalue weighted by atomic mass is 16.5. The largest absolute Gasteiger partial charge is 0.378 e. The summed E-state index contributed by atoms with van der Waals surface area (Å²) in [6.45, 7) is 7.95. The molecule has 0 bridgehead atoms. The van der Waals surface area contributed by atoms with Crippen molar-refractivity contribution >= 4 is 11.9 Å². The molecule has 1 aromatic rings. The molecule has 0 aromatic heterocycles. The van der Waals surface area contributed by atoms with Gasteiger partial charge in [-0.3, -0.25) is 4.79 Å². The van der Waals surface area contributed by atoms with Crippen LogP contribution in [0.5, 0.6) is 0 Å². The number of carbonyl (C=O) groups excluding carboxylic acids is 2. The van der Waals surface area contributed by atoms with Crippen molar-refractivity contribution in [1.29, 1.82) is 0 Å². The lowest BCUT2D eigenvalue weighted by Crippen LogP contribution is -2.49. The second-order valence-electron chi connectivity index (χ2n) is 7.28. The summed E-state index contributed by atoms with van der Waals surface area (Å²) in [4.78, 5) is 28.9. The average Bonchev–Trinajstić information content (AvgIpc) is 2.68. The number of rotatable bonds is 3. The van der Waals surface area contributed by atoms with E-state index in [2.05, 4.69) is 11.4 Å². The summed E-state index contributed by atoms with van der Waals surface area (Å²) in [6, 6.07) is 8.11. The Morgan fingerprint density at radius 2 is 1.81 bits per heavy atom. The van der Waals surface area contributed by atoms with Gasteiger partial charge < -0.3 is 19.9 Å². The van der Waals surface area contributed by atoms with Crippen LogP contribution in [0.25, 0.3) is 0 Å². The molecule has 0 saturated carbocycles. The minimum Gasteiger partial charge on any atom is -0.378 e. The van der Waals surface area contributed by atoms with Crippen molar-refractivity contribution in [2.24, 2.45) is 5.92 Å². The molecule has 3 amide bonds. The van der Waals surface area contributed by atoms with Gasteiger partial charge in [0.25, 0.3) is 0 Å². The van der Waals surface area contributed by atoms with Gasteiger partial charge in [-0.05, 0) is 32.3 Å². The maximum Gasteiger partial charge on any atom is 0.317 e. The van der Waals surface area contributed by atoms with E-state index in [1.807, 2.05) is 41.8 Å². The molecule has 2 aliphatic rings. The molecule has 1 unspecified atom stereocenters. The Balaban J connectivity index is 1.48. The van der Waals surface area contributed by atoms with Crippen molar-refractivity contribution in [3.63, 3.8) is 0 Å². The second kappa shape index (κ2) is 8.54. The average molecular weight is 359 g/mol. The van der Waals surface area contributed by atoms with E-state index in [0.717, 1.165) is 18.4 Å². The fraction of sp³-hybridized carbons (Fsp3) is 0.600. The van der Waals surface area contributed by atoms with Gasteiger partial charge in [-0.25, -0.2) is 4.79 Å². The molecular weight excluding hydrogens is 330 g/mol. The summed E-state index contributed by atoms with van der Waals surface area (Å²) in [7, 11) is 0. The van der Waals surface area contributed by atoms with E-state index in [9.17, 15) is 9.59 Å². The summed E-state index contributed by atoms with van der Waals surface area (Å²) in [6.07, 6.45) is 1.48. The molecule has 0 radical (unpaired) electrons. The molecule has 1 N–H and O–H groups in total. The van der Waals surface area contributed by atoms with E-state index in [1.165, 1.54) is 5.56 Å². The standard InChI is InChI=1S/C20H29N3O3/c1-15-4-3-5-18(14-15)16(2)21-20(25)23-8-6-17(7-9-23)19(24)22-10-12-26-13-11-22/h3-5,14,16-17H,6-13H2,1-2H3,(H,21,25). The maximum atomic E-state index is 12.6. The predicted molar refractivity (Wildman–Crippen MR) is 99.8 cm³/mol. The van der Waals surface area contributed by atoms with E-state index in [1.54, 1.807) is 0 Å². The lowest BCUT2D eigenvalue weighted by molar-refractivity contribution is -0.141. The van der Waals surface area contributed by atoms with Gasteiger partial charge in [0.15, 0.2) is 0 Å². The molecule has 26 heavy (non-hydrogen) atoms. The van der Waals surface area contributed by atoms with Crippen LogP contribution in [0.2, 0.25) is 0 Å². The lowest BCUT2D eigenvalue weighted by atomic mass is 9.95. The predicted octanol–water partition coefficient (Wildman–Crippen LogP) is 2.34. The summed E-state index contributed by atoms with van der Waals surface area (Å²) in [5.41, 5.74) is 2.29. The summed E-state index contributed by atoms with van der Waals surface area (Å²) in [5.74, 6) is 0.257. The minimum atomic E-state index is -0.0451. The molecule has 142 valence electrons. The van der Waals surface area contributed by atoms with Gasteiger partial charge in [-0.1, -0.05) is 29.8 Å². The lowest BCUT2D eigenvalue weighted by Gasteiger charge is -2.35. The Labute approximate surface area is 155 Å². The zero-order valence-corrected chi connectivity index (χ0v) is 15.7. The van der Waals surface area contributed by atoms with Crippen LogP contribution in [0.3, 0.4) is 0 Å². The molecule has 0 aliphatic carbocycles. The topological polar surface area (TPSA) is 61.9 Å². The Hall–Kier alpha value is -2.08. The first kappa shape index (κ1) is 18.7. The van der Waals surface area contributed by atoms with Crippen LogP contribution < -0.4 is 5.32 Å². The first-order chi connectivity index (χ1) is 12.5. The van der Waals surface area contributed by atoms with Crippen molar-refractivity contribution < 1.29 is 14.3 Å². The zero-order valence-electron chi connectivity index (χ0n) is 15.7. The Kier molecular flexibility index (Phi) is 6.14. The molecule has 6 heteroatoms. The number of nitrogens with zero attached hydrogens (tertiary/aromatic N) is 2. The molecule has 0 spiro atoms. The van der Waals surface area contributed by atoms with Gasteiger partial charge in [0.2, 0.25) is 5.91 Å². The van der Waals surface area contributed by atoms with Crippen molar-refractivity contribution in [2.75, 3.05) is 39.4 Å². The monoisotopic (exact) mass is 359 g/mol. The SMILES string of the molecule is Cc1cccc(C(C)NC(=O)N2CCC(C(=O)N3CCOCC3)CC2)c1. The normalized spacial score (nSPS) is 19.9. The third-order valence-electron chi connectivity index (χ3n) is 5.34. The fourth-order valence-electron chi connectivity index (χ4n) is 3.67. The van der Waals surface area contributed by atoms with Crippen LogP contribution in [0.1, 0.15) is 36.9 Å². The highest BCUT2D eigenvalue weighted by Gasteiger charge is 2.31. The molecular formula is C20H29N3O3. The Bertz CT molecular complexity index is 635. The molecule has 2 fully saturated rings. The number of aryl methyl sites for hydroxylation is 1. The number of hydrogen-bond acceptors (Lipinski definition) is 3. The minimum absolute atomic E-state index is 0.0323. The highest BCUT2D eigenvalue weighted by molar-refractivity contribution is 5.80. The van der Waals surface area contributed by atoms with Crippen LogP contribution >= 0.6 is 0 Å². The number of likely N-dealkylation sites (tertiary alicyclic amines) is 1. The van der Waals surface area contributed by atoms with Crippen molar-refractivity contribution in [3.8, 4) is 0 Å².